The largest absolute Gasteiger partial charge is 0.309 e. The van der Waals surface area contributed by atoms with Crippen molar-refractivity contribution < 1.29 is 4.39 Å². The Morgan fingerprint density at radius 1 is 1.05 bits per heavy atom. The highest BCUT2D eigenvalue weighted by Crippen LogP contribution is 2.31. The molecule has 0 heterocycles. The number of hydrogen-bond acceptors (Lipinski definition) is 1. The van der Waals surface area contributed by atoms with Crippen LogP contribution in [0, 0.1) is 19.7 Å². The van der Waals surface area contributed by atoms with Gasteiger partial charge in [0.2, 0.25) is 0 Å². The highest BCUT2D eigenvalue weighted by atomic mass is 35.5. The smallest absolute Gasteiger partial charge is 0.127 e. The second kappa shape index (κ2) is 5.72. The average molecular weight is 278 g/mol. The molecule has 2 aromatic rings. The summed E-state index contributed by atoms with van der Waals surface area (Å²) in [4.78, 5) is 0. The summed E-state index contributed by atoms with van der Waals surface area (Å²) in [5.41, 5.74) is 3.84. The van der Waals surface area contributed by atoms with Crippen molar-refractivity contribution in [1.82, 2.24) is 5.32 Å². The Balaban J connectivity index is 2.55. The Hall–Kier alpha value is -1.38. The molecule has 0 saturated carbocycles. The molecular weight excluding hydrogens is 261 g/mol. The van der Waals surface area contributed by atoms with E-state index in [9.17, 15) is 4.39 Å². The second-order valence-corrected chi connectivity index (χ2v) is 5.11. The van der Waals surface area contributed by atoms with Crippen molar-refractivity contribution in [3.63, 3.8) is 0 Å². The maximum absolute atomic E-state index is 13.5. The predicted molar refractivity (Wildman–Crippen MR) is 78.2 cm³/mol. The molecule has 0 bridgehead atoms. The van der Waals surface area contributed by atoms with E-state index in [4.69, 9.17) is 11.6 Å². The van der Waals surface area contributed by atoms with E-state index < -0.39 is 0 Å². The van der Waals surface area contributed by atoms with Gasteiger partial charge in [-0.25, -0.2) is 4.39 Å². The summed E-state index contributed by atoms with van der Waals surface area (Å²) >= 11 is 6.20. The van der Waals surface area contributed by atoms with Gasteiger partial charge in [-0.1, -0.05) is 35.9 Å². The Labute approximate surface area is 118 Å². The lowest BCUT2D eigenvalue weighted by molar-refractivity contribution is 0.614. The fourth-order valence-electron chi connectivity index (χ4n) is 2.29. The molecule has 0 radical (unpaired) electrons. The number of hydrogen-bond donors (Lipinski definition) is 1. The first-order chi connectivity index (χ1) is 9.04. The van der Waals surface area contributed by atoms with Gasteiger partial charge in [-0.2, -0.15) is 0 Å². The molecular formula is C16H17ClFN. The summed E-state index contributed by atoms with van der Waals surface area (Å²) in [7, 11) is 1.88. The monoisotopic (exact) mass is 277 g/mol. The quantitative estimate of drug-likeness (QED) is 0.876. The molecule has 1 N–H and O–H groups in total. The lowest BCUT2D eigenvalue weighted by atomic mass is 9.94. The van der Waals surface area contributed by atoms with E-state index in [0.29, 0.717) is 10.6 Å². The first-order valence-corrected chi connectivity index (χ1v) is 6.60. The molecule has 2 aromatic carbocycles. The van der Waals surface area contributed by atoms with Crippen LogP contribution in [0.15, 0.2) is 36.4 Å². The molecule has 0 amide bonds. The normalized spacial score (nSPS) is 12.5. The number of rotatable bonds is 3. The van der Waals surface area contributed by atoms with Crippen LogP contribution in [-0.4, -0.2) is 7.05 Å². The molecule has 2 rings (SSSR count). The summed E-state index contributed by atoms with van der Waals surface area (Å²) in [5, 5.41) is 3.71. The first kappa shape index (κ1) is 14.0. The van der Waals surface area contributed by atoms with Crippen molar-refractivity contribution >= 4 is 11.6 Å². The van der Waals surface area contributed by atoms with Gasteiger partial charge in [0.25, 0.3) is 0 Å². The molecule has 3 heteroatoms. The zero-order valence-electron chi connectivity index (χ0n) is 11.3. The van der Waals surface area contributed by atoms with Crippen LogP contribution in [0.25, 0.3) is 0 Å². The van der Waals surface area contributed by atoms with Crippen molar-refractivity contribution in [2.45, 2.75) is 19.9 Å². The molecule has 0 spiro atoms. The van der Waals surface area contributed by atoms with Crippen LogP contribution in [0.1, 0.15) is 28.3 Å². The van der Waals surface area contributed by atoms with Crippen molar-refractivity contribution in [3.8, 4) is 0 Å². The van der Waals surface area contributed by atoms with Crippen molar-refractivity contribution in [1.29, 1.82) is 0 Å². The highest BCUT2D eigenvalue weighted by molar-refractivity contribution is 6.31. The van der Waals surface area contributed by atoms with Crippen molar-refractivity contribution in [3.05, 3.63) is 69.5 Å². The summed E-state index contributed by atoms with van der Waals surface area (Å²) < 4.78 is 13.5. The lowest BCUT2D eigenvalue weighted by Crippen LogP contribution is -2.19. The standard InChI is InChI=1S/C16H17ClFN/c1-10-6-4-5-7-12(10)16(19-3)13-8-11(2)15(18)9-14(13)17/h4-9,16,19H,1-3H3. The van der Waals surface area contributed by atoms with E-state index in [1.165, 1.54) is 11.6 Å². The maximum atomic E-state index is 13.5. The van der Waals surface area contributed by atoms with Gasteiger partial charge in [0, 0.05) is 5.02 Å². The van der Waals surface area contributed by atoms with E-state index in [2.05, 4.69) is 24.4 Å². The Morgan fingerprint density at radius 2 is 1.74 bits per heavy atom. The molecule has 0 aliphatic rings. The SMILES string of the molecule is CNC(c1ccccc1C)c1cc(C)c(F)cc1Cl. The van der Waals surface area contributed by atoms with Gasteiger partial charge in [0.1, 0.15) is 5.82 Å². The minimum Gasteiger partial charge on any atom is -0.309 e. The van der Waals surface area contributed by atoms with Gasteiger partial charge in [0.15, 0.2) is 0 Å². The van der Waals surface area contributed by atoms with Gasteiger partial charge in [0.05, 0.1) is 6.04 Å². The van der Waals surface area contributed by atoms with Gasteiger partial charge in [-0.3, -0.25) is 0 Å². The number of nitrogens with one attached hydrogen (secondary N) is 1. The lowest BCUT2D eigenvalue weighted by Gasteiger charge is -2.21. The first-order valence-electron chi connectivity index (χ1n) is 6.23. The molecule has 1 atom stereocenters. The minimum atomic E-state index is -0.270. The van der Waals surface area contributed by atoms with Gasteiger partial charge < -0.3 is 5.32 Å². The maximum Gasteiger partial charge on any atom is 0.127 e. The highest BCUT2D eigenvalue weighted by Gasteiger charge is 2.18. The van der Waals surface area contributed by atoms with Gasteiger partial charge in [-0.15, -0.1) is 0 Å². The third-order valence-corrected chi connectivity index (χ3v) is 3.70. The topological polar surface area (TPSA) is 12.0 Å². The van der Waals surface area contributed by atoms with E-state index in [0.717, 1.165) is 11.1 Å². The van der Waals surface area contributed by atoms with Crippen LogP contribution in [0.3, 0.4) is 0 Å². The zero-order chi connectivity index (χ0) is 14.0. The van der Waals surface area contributed by atoms with Crippen LogP contribution in [0.4, 0.5) is 4.39 Å². The van der Waals surface area contributed by atoms with Crippen LogP contribution in [0.2, 0.25) is 5.02 Å². The van der Waals surface area contributed by atoms with E-state index >= 15 is 0 Å². The zero-order valence-corrected chi connectivity index (χ0v) is 12.1. The molecule has 0 saturated heterocycles. The van der Waals surface area contributed by atoms with E-state index in [1.54, 1.807) is 6.92 Å². The Kier molecular flexibility index (Phi) is 4.23. The van der Waals surface area contributed by atoms with Gasteiger partial charge >= 0.3 is 0 Å². The van der Waals surface area contributed by atoms with E-state index in [1.807, 2.05) is 25.2 Å². The molecule has 0 aliphatic heterocycles. The van der Waals surface area contributed by atoms with Crippen LogP contribution < -0.4 is 5.32 Å². The second-order valence-electron chi connectivity index (χ2n) is 4.70. The van der Waals surface area contributed by atoms with Crippen LogP contribution in [0.5, 0.6) is 0 Å². The molecule has 1 nitrogen and oxygen atoms in total. The molecule has 0 fully saturated rings. The van der Waals surface area contributed by atoms with Crippen molar-refractivity contribution in [2.24, 2.45) is 0 Å². The Morgan fingerprint density at radius 3 is 2.37 bits per heavy atom. The summed E-state index contributed by atoms with van der Waals surface area (Å²) in [6.07, 6.45) is 0. The number of halogens is 2. The summed E-state index contributed by atoms with van der Waals surface area (Å²) in [6, 6.07) is 11.3. The molecule has 0 aromatic heterocycles. The third-order valence-electron chi connectivity index (χ3n) is 3.38. The Bertz CT molecular complexity index is 595. The molecule has 0 aliphatic carbocycles. The van der Waals surface area contributed by atoms with E-state index in [-0.39, 0.29) is 11.9 Å². The average Bonchev–Trinajstić information content (AvgIpc) is 2.38. The number of benzene rings is 2. The van der Waals surface area contributed by atoms with Crippen LogP contribution >= 0.6 is 11.6 Å². The molecule has 19 heavy (non-hydrogen) atoms. The number of aryl methyl sites for hydroxylation is 2. The summed E-state index contributed by atoms with van der Waals surface area (Å²) in [6.45, 7) is 3.81. The summed E-state index contributed by atoms with van der Waals surface area (Å²) in [5.74, 6) is -0.270. The minimum absolute atomic E-state index is 0.0343. The predicted octanol–water partition coefficient (Wildman–Crippen LogP) is 4.40. The third kappa shape index (κ3) is 2.80. The molecule has 1 unspecified atom stereocenters. The van der Waals surface area contributed by atoms with Crippen molar-refractivity contribution in [2.75, 3.05) is 7.05 Å². The fourth-order valence-corrected chi connectivity index (χ4v) is 2.55. The van der Waals surface area contributed by atoms with Gasteiger partial charge in [-0.05, 0) is 55.3 Å². The molecule has 100 valence electrons. The van der Waals surface area contributed by atoms with Crippen LogP contribution in [-0.2, 0) is 0 Å². The fraction of sp³-hybridized carbons (Fsp3) is 0.250.